The largest absolute Gasteiger partial charge is 0.155 e. The first kappa shape index (κ1) is 8.45. The standard InChI is InChI=1S/C9H18S/c1-6(2)9-5-7(3)8(4)10-9/h6-9H,5H2,1-4H3. The normalized spacial score (nSPS) is 41.1. The Morgan fingerprint density at radius 2 is 1.90 bits per heavy atom. The molecule has 0 nitrogen and oxygen atoms in total. The molecule has 1 heteroatoms. The van der Waals surface area contributed by atoms with Crippen molar-refractivity contribution in [2.24, 2.45) is 11.8 Å². The van der Waals surface area contributed by atoms with Gasteiger partial charge in [0, 0.05) is 10.5 Å². The molecule has 0 aromatic carbocycles. The lowest BCUT2D eigenvalue weighted by molar-refractivity contribution is 0.495. The summed E-state index contributed by atoms with van der Waals surface area (Å²) in [4.78, 5) is 0. The molecular weight excluding hydrogens is 140 g/mol. The third kappa shape index (κ3) is 1.69. The second-order valence-corrected chi connectivity index (χ2v) is 5.46. The van der Waals surface area contributed by atoms with Crippen LogP contribution >= 0.6 is 11.8 Å². The van der Waals surface area contributed by atoms with Crippen molar-refractivity contribution >= 4 is 11.8 Å². The lowest BCUT2D eigenvalue weighted by atomic mass is 9.98. The van der Waals surface area contributed by atoms with E-state index in [1.807, 2.05) is 0 Å². The summed E-state index contributed by atoms with van der Waals surface area (Å²) in [6, 6.07) is 0. The predicted octanol–water partition coefficient (Wildman–Crippen LogP) is 3.17. The highest BCUT2D eigenvalue weighted by atomic mass is 32.2. The Morgan fingerprint density at radius 1 is 1.30 bits per heavy atom. The maximum Gasteiger partial charge on any atom is 0.00757 e. The van der Waals surface area contributed by atoms with E-state index in [9.17, 15) is 0 Å². The Morgan fingerprint density at radius 3 is 2.10 bits per heavy atom. The third-order valence-electron chi connectivity index (χ3n) is 2.54. The quantitative estimate of drug-likeness (QED) is 0.565. The van der Waals surface area contributed by atoms with Gasteiger partial charge in [-0.2, -0.15) is 11.8 Å². The minimum absolute atomic E-state index is 0.873. The first-order chi connectivity index (χ1) is 4.61. The molecule has 10 heavy (non-hydrogen) atoms. The number of thioether (sulfide) groups is 1. The van der Waals surface area contributed by atoms with Crippen LogP contribution in [-0.4, -0.2) is 10.5 Å². The van der Waals surface area contributed by atoms with Crippen LogP contribution in [0.3, 0.4) is 0 Å². The van der Waals surface area contributed by atoms with Gasteiger partial charge in [-0.3, -0.25) is 0 Å². The highest BCUT2D eigenvalue weighted by molar-refractivity contribution is 8.00. The highest BCUT2D eigenvalue weighted by Crippen LogP contribution is 2.41. The summed E-state index contributed by atoms with van der Waals surface area (Å²) < 4.78 is 0. The van der Waals surface area contributed by atoms with Crippen molar-refractivity contribution in [3.63, 3.8) is 0 Å². The molecule has 1 aliphatic rings. The van der Waals surface area contributed by atoms with Gasteiger partial charge in [0.05, 0.1) is 0 Å². The molecule has 3 unspecified atom stereocenters. The summed E-state index contributed by atoms with van der Waals surface area (Å²) in [5, 5.41) is 1.83. The van der Waals surface area contributed by atoms with Crippen LogP contribution in [0.2, 0.25) is 0 Å². The van der Waals surface area contributed by atoms with Crippen LogP contribution in [0.4, 0.5) is 0 Å². The molecule has 1 aliphatic heterocycles. The van der Waals surface area contributed by atoms with Gasteiger partial charge >= 0.3 is 0 Å². The SMILES string of the molecule is CC(C)C1CC(C)C(C)S1. The van der Waals surface area contributed by atoms with E-state index in [1.54, 1.807) is 0 Å². The fourth-order valence-electron chi connectivity index (χ4n) is 1.45. The maximum absolute atomic E-state index is 2.38. The highest BCUT2D eigenvalue weighted by Gasteiger charge is 2.30. The molecular formula is C9H18S. The molecule has 0 N–H and O–H groups in total. The van der Waals surface area contributed by atoms with Crippen molar-refractivity contribution in [3.8, 4) is 0 Å². The Bertz CT molecular complexity index is 99.3. The first-order valence-electron chi connectivity index (χ1n) is 4.26. The second kappa shape index (κ2) is 3.17. The van der Waals surface area contributed by atoms with Crippen molar-refractivity contribution in [2.75, 3.05) is 0 Å². The van der Waals surface area contributed by atoms with Gasteiger partial charge in [0.2, 0.25) is 0 Å². The molecule has 1 rings (SSSR count). The van der Waals surface area contributed by atoms with E-state index in [2.05, 4.69) is 39.5 Å². The predicted molar refractivity (Wildman–Crippen MR) is 49.5 cm³/mol. The van der Waals surface area contributed by atoms with E-state index >= 15 is 0 Å². The lowest BCUT2D eigenvalue weighted by Crippen LogP contribution is -2.06. The summed E-state index contributed by atoms with van der Waals surface area (Å²) in [5.41, 5.74) is 0. The molecule has 60 valence electrons. The van der Waals surface area contributed by atoms with Crippen LogP contribution in [0, 0.1) is 11.8 Å². The van der Waals surface area contributed by atoms with Gasteiger partial charge in [-0.05, 0) is 18.3 Å². The average Bonchev–Trinajstić information content (AvgIpc) is 2.13. The van der Waals surface area contributed by atoms with Gasteiger partial charge in [-0.1, -0.05) is 27.7 Å². The molecule has 0 aromatic rings. The van der Waals surface area contributed by atoms with E-state index < -0.39 is 0 Å². The molecule has 1 fully saturated rings. The zero-order valence-electron chi connectivity index (χ0n) is 7.42. The van der Waals surface area contributed by atoms with Gasteiger partial charge < -0.3 is 0 Å². The van der Waals surface area contributed by atoms with Crippen LogP contribution in [0.25, 0.3) is 0 Å². The Hall–Kier alpha value is 0.350. The molecule has 3 atom stereocenters. The summed E-state index contributed by atoms with van der Waals surface area (Å²) in [7, 11) is 0. The molecule has 1 heterocycles. The molecule has 0 spiro atoms. The smallest absolute Gasteiger partial charge is 0.00757 e. The summed E-state index contributed by atoms with van der Waals surface area (Å²) in [6.07, 6.45) is 1.43. The monoisotopic (exact) mass is 158 g/mol. The van der Waals surface area contributed by atoms with Crippen LogP contribution in [-0.2, 0) is 0 Å². The molecule has 0 radical (unpaired) electrons. The molecule has 0 aliphatic carbocycles. The zero-order chi connectivity index (χ0) is 7.72. The van der Waals surface area contributed by atoms with Crippen molar-refractivity contribution in [2.45, 2.75) is 44.6 Å². The molecule has 1 saturated heterocycles. The van der Waals surface area contributed by atoms with Gasteiger partial charge in [0.1, 0.15) is 0 Å². The summed E-state index contributed by atoms with van der Waals surface area (Å²) in [6.45, 7) is 9.41. The number of rotatable bonds is 1. The molecule has 0 saturated carbocycles. The van der Waals surface area contributed by atoms with Gasteiger partial charge in [-0.25, -0.2) is 0 Å². The molecule has 0 bridgehead atoms. The topological polar surface area (TPSA) is 0 Å². The van der Waals surface area contributed by atoms with E-state index in [1.165, 1.54) is 6.42 Å². The van der Waals surface area contributed by atoms with Crippen LogP contribution in [0.5, 0.6) is 0 Å². The Kier molecular flexibility index (Phi) is 2.67. The first-order valence-corrected chi connectivity index (χ1v) is 5.21. The van der Waals surface area contributed by atoms with E-state index in [0.29, 0.717) is 0 Å². The fraction of sp³-hybridized carbons (Fsp3) is 1.00. The minimum Gasteiger partial charge on any atom is -0.155 e. The van der Waals surface area contributed by atoms with Crippen LogP contribution in [0.1, 0.15) is 34.1 Å². The van der Waals surface area contributed by atoms with E-state index in [4.69, 9.17) is 0 Å². The van der Waals surface area contributed by atoms with Crippen molar-refractivity contribution < 1.29 is 0 Å². The number of hydrogen-bond acceptors (Lipinski definition) is 1. The van der Waals surface area contributed by atoms with Crippen molar-refractivity contribution in [1.82, 2.24) is 0 Å². The second-order valence-electron chi connectivity index (χ2n) is 3.84. The summed E-state index contributed by atoms with van der Waals surface area (Å²) >= 11 is 2.18. The van der Waals surface area contributed by atoms with E-state index in [0.717, 1.165) is 22.3 Å². The van der Waals surface area contributed by atoms with Crippen LogP contribution in [0.15, 0.2) is 0 Å². The Balaban J connectivity index is 2.41. The van der Waals surface area contributed by atoms with E-state index in [-0.39, 0.29) is 0 Å². The van der Waals surface area contributed by atoms with Crippen molar-refractivity contribution in [3.05, 3.63) is 0 Å². The van der Waals surface area contributed by atoms with Gasteiger partial charge in [0.15, 0.2) is 0 Å². The number of hydrogen-bond donors (Lipinski definition) is 0. The fourth-order valence-corrected chi connectivity index (χ4v) is 3.11. The zero-order valence-corrected chi connectivity index (χ0v) is 8.24. The summed E-state index contributed by atoms with van der Waals surface area (Å²) in [5.74, 6) is 1.81. The van der Waals surface area contributed by atoms with Crippen molar-refractivity contribution in [1.29, 1.82) is 0 Å². The minimum atomic E-state index is 0.873. The maximum atomic E-state index is 2.38. The average molecular weight is 158 g/mol. The molecule has 0 aromatic heterocycles. The Labute approximate surface area is 68.8 Å². The van der Waals surface area contributed by atoms with Gasteiger partial charge in [-0.15, -0.1) is 0 Å². The third-order valence-corrected chi connectivity index (χ3v) is 4.52. The van der Waals surface area contributed by atoms with Crippen LogP contribution < -0.4 is 0 Å². The molecule has 0 amide bonds. The lowest BCUT2D eigenvalue weighted by Gasteiger charge is -2.12. The van der Waals surface area contributed by atoms with Gasteiger partial charge in [0.25, 0.3) is 0 Å².